The van der Waals surface area contributed by atoms with Crippen LogP contribution < -0.4 is 14.8 Å². The molecule has 10 heteroatoms. The molecule has 0 aliphatic carbocycles. The Labute approximate surface area is 184 Å². The summed E-state index contributed by atoms with van der Waals surface area (Å²) in [4.78, 5) is 30.7. The van der Waals surface area contributed by atoms with Crippen LogP contribution in [-0.2, 0) is 16.1 Å². The molecule has 1 fully saturated rings. The minimum absolute atomic E-state index is 0.0982. The van der Waals surface area contributed by atoms with Crippen LogP contribution in [0.25, 0.3) is 6.08 Å². The van der Waals surface area contributed by atoms with Crippen LogP contribution in [0.1, 0.15) is 12.0 Å². The zero-order valence-corrected chi connectivity index (χ0v) is 18.3. The van der Waals surface area contributed by atoms with E-state index in [1.807, 2.05) is 16.8 Å². The van der Waals surface area contributed by atoms with Crippen LogP contribution >= 0.6 is 24.0 Å². The minimum atomic E-state index is -0.284. The van der Waals surface area contributed by atoms with Crippen LogP contribution in [0.4, 0.5) is 0 Å². The molecule has 1 N–H and O–H groups in total. The van der Waals surface area contributed by atoms with Crippen LogP contribution in [0.15, 0.2) is 41.8 Å². The third-order valence-corrected chi connectivity index (χ3v) is 5.73. The second-order valence-corrected chi connectivity index (χ2v) is 8.06. The average Bonchev–Trinajstić information content (AvgIpc) is 3.35. The van der Waals surface area contributed by atoms with Crippen molar-refractivity contribution in [3.05, 3.63) is 47.4 Å². The first-order valence-corrected chi connectivity index (χ1v) is 10.4. The number of rotatable bonds is 9. The van der Waals surface area contributed by atoms with E-state index in [2.05, 4.69) is 10.3 Å². The summed E-state index contributed by atoms with van der Waals surface area (Å²) in [6.07, 6.45) is 7.80. The second kappa shape index (κ2) is 10.3. The van der Waals surface area contributed by atoms with Crippen LogP contribution in [0.3, 0.4) is 0 Å². The third-order valence-electron chi connectivity index (χ3n) is 4.36. The van der Waals surface area contributed by atoms with E-state index in [9.17, 15) is 9.59 Å². The van der Waals surface area contributed by atoms with Crippen molar-refractivity contribution < 1.29 is 19.1 Å². The standard InChI is InChI=1S/C20H22N4O4S2/c1-27-15-5-4-14(10-16(15)28-2)11-17-19(26)24(20(29)30-17)12-18(25)22-6-3-8-23-9-7-21-13-23/h4-5,7,9-11,13H,3,6,8,12H2,1-2H3,(H,22,25)/b17-11-. The van der Waals surface area contributed by atoms with Crippen molar-refractivity contribution in [2.24, 2.45) is 0 Å². The van der Waals surface area contributed by atoms with Gasteiger partial charge in [0.2, 0.25) is 5.91 Å². The Morgan fingerprint density at radius 1 is 1.30 bits per heavy atom. The maximum absolute atomic E-state index is 12.7. The third kappa shape index (κ3) is 5.39. The van der Waals surface area contributed by atoms with Gasteiger partial charge in [-0.25, -0.2) is 4.98 Å². The number of aromatic nitrogens is 2. The maximum Gasteiger partial charge on any atom is 0.266 e. The molecule has 8 nitrogen and oxygen atoms in total. The lowest BCUT2D eigenvalue weighted by Gasteiger charge is -2.14. The number of hydrogen-bond donors (Lipinski definition) is 1. The number of ether oxygens (including phenoxy) is 2. The Hall–Kier alpha value is -2.85. The van der Waals surface area contributed by atoms with Crippen molar-refractivity contribution >= 4 is 46.2 Å². The molecule has 1 aliphatic heterocycles. The average molecular weight is 447 g/mol. The lowest BCUT2D eigenvalue weighted by atomic mass is 10.2. The highest BCUT2D eigenvalue weighted by molar-refractivity contribution is 8.26. The van der Waals surface area contributed by atoms with Gasteiger partial charge in [-0.3, -0.25) is 14.5 Å². The molecule has 30 heavy (non-hydrogen) atoms. The summed E-state index contributed by atoms with van der Waals surface area (Å²) in [6.45, 7) is 1.17. The number of nitrogens with zero attached hydrogens (tertiary/aromatic N) is 3. The number of carbonyl (C=O) groups excluding carboxylic acids is 2. The number of thiocarbonyl (C=S) groups is 1. The van der Waals surface area contributed by atoms with Crippen LogP contribution in [-0.4, -0.2) is 57.9 Å². The zero-order valence-electron chi connectivity index (χ0n) is 16.7. The van der Waals surface area contributed by atoms with Gasteiger partial charge in [0.05, 0.1) is 25.5 Å². The fourth-order valence-electron chi connectivity index (χ4n) is 2.84. The van der Waals surface area contributed by atoms with E-state index in [-0.39, 0.29) is 18.4 Å². The van der Waals surface area contributed by atoms with E-state index in [1.54, 1.807) is 45.0 Å². The van der Waals surface area contributed by atoms with E-state index >= 15 is 0 Å². The highest BCUT2D eigenvalue weighted by Crippen LogP contribution is 2.34. The number of nitrogens with one attached hydrogen (secondary N) is 1. The smallest absolute Gasteiger partial charge is 0.266 e. The maximum atomic E-state index is 12.7. The van der Waals surface area contributed by atoms with Crippen LogP contribution in [0, 0.1) is 0 Å². The largest absolute Gasteiger partial charge is 0.493 e. The molecule has 1 saturated heterocycles. The lowest BCUT2D eigenvalue weighted by molar-refractivity contribution is -0.128. The van der Waals surface area contributed by atoms with Crippen LogP contribution in [0.2, 0.25) is 0 Å². The number of carbonyl (C=O) groups is 2. The molecule has 2 amide bonds. The molecule has 1 aromatic heterocycles. The Balaban J connectivity index is 1.56. The first-order chi connectivity index (χ1) is 14.5. The fraction of sp³-hybridized carbons (Fsp3) is 0.300. The van der Waals surface area contributed by atoms with Gasteiger partial charge in [-0.05, 0) is 30.2 Å². The topological polar surface area (TPSA) is 85.7 Å². The number of aryl methyl sites for hydroxylation is 1. The van der Waals surface area contributed by atoms with Crippen molar-refractivity contribution in [2.75, 3.05) is 27.3 Å². The Bertz CT molecular complexity index is 960. The molecule has 0 bridgehead atoms. The van der Waals surface area contributed by atoms with Gasteiger partial charge >= 0.3 is 0 Å². The molecular formula is C20H22N4O4S2. The van der Waals surface area contributed by atoms with Gasteiger partial charge in [0, 0.05) is 25.5 Å². The van der Waals surface area contributed by atoms with Gasteiger partial charge in [0.15, 0.2) is 11.5 Å². The van der Waals surface area contributed by atoms with E-state index in [1.165, 1.54) is 16.7 Å². The summed E-state index contributed by atoms with van der Waals surface area (Å²) in [6, 6.07) is 5.36. The monoisotopic (exact) mass is 446 g/mol. The number of amides is 2. The predicted octanol–water partition coefficient (Wildman–Crippen LogP) is 2.31. The molecule has 0 saturated carbocycles. The van der Waals surface area contributed by atoms with Crippen molar-refractivity contribution in [1.29, 1.82) is 0 Å². The van der Waals surface area contributed by atoms with Crippen LogP contribution in [0.5, 0.6) is 11.5 Å². The Morgan fingerprint density at radius 3 is 2.80 bits per heavy atom. The summed E-state index contributed by atoms with van der Waals surface area (Å²) in [5.41, 5.74) is 0.775. The van der Waals surface area contributed by atoms with Gasteiger partial charge in [-0.1, -0.05) is 30.0 Å². The number of methoxy groups -OCH3 is 2. The van der Waals surface area contributed by atoms with Crippen molar-refractivity contribution in [2.45, 2.75) is 13.0 Å². The number of imidazole rings is 1. The summed E-state index contributed by atoms with van der Waals surface area (Å²) in [5.74, 6) is 0.640. The quantitative estimate of drug-likeness (QED) is 0.359. The molecule has 0 atom stereocenters. The first kappa shape index (κ1) is 21.8. The molecular weight excluding hydrogens is 424 g/mol. The number of thioether (sulfide) groups is 1. The molecule has 0 spiro atoms. The van der Waals surface area contributed by atoms with Gasteiger partial charge in [-0.15, -0.1) is 0 Å². The second-order valence-electron chi connectivity index (χ2n) is 6.39. The summed E-state index contributed by atoms with van der Waals surface area (Å²) >= 11 is 6.47. The zero-order chi connectivity index (χ0) is 21.5. The first-order valence-electron chi connectivity index (χ1n) is 9.21. The Kier molecular flexibility index (Phi) is 7.47. The van der Waals surface area contributed by atoms with Gasteiger partial charge in [-0.2, -0.15) is 0 Å². The Morgan fingerprint density at radius 2 is 2.10 bits per heavy atom. The molecule has 0 radical (unpaired) electrons. The summed E-state index contributed by atoms with van der Waals surface area (Å²) < 4.78 is 12.8. The molecule has 2 aromatic rings. The van der Waals surface area contributed by atoms with Gasteiger partial charge in [0.1, 0.15) is 10.9 Å². The number of benzene rings is 1. The lowest BCUT2D eigenvalue weighted by Crippen LogP contribution is -2.39. The minimum Gasteiger partial charge on any atom is -0.493 e. The molecule has 158 valence electrons. The summed E-state index contributed by atoms with van der Waals surface area (Å²) in [7, 11) is 3.11. The van der Waals surface area contributed by atoms with E-state index < -0.39 is 0 Å². The fourth-order valence-corrected chi connectivity index (χ4v) is 4.09. The normalized spacial score (nSPS) is 15.0. The predicted molar refractivity (Wildman–Crippen MR) is 119 cm³/mol. The molecule has 0 unspecified atom stereocenters. The van der Waals surface area contributed by atoms with E-state index in [0.717, 1.165) is 18.5 Å². The summed E-state index contributed by atoms with van der Waals surface area (Å²) in [5, 5.41) is 2.82. The SMILES string of the molecule is COc1ccc(/C=C2\SC(=S)N(CC(=O)NCCCn3ccnc3)C2=O)cc1OC. The molecule has 1 aliphatic rings. The van der Waals surface area contributed by atoms with Gasteiger partial charge in [0.25, 0.3) is 5.91 Å². The highest BCUT2D eigenvalue weighted by Gasteiger charge is 2.33. The van der Waals surface area contributed by atoms with E-state index in [4.69, 9.17) is 21.7 Å². The van der Waals surface area contributed by atoms with E-state index in [0.29, 0.717) is 27.3 Å². The molecule has 2 heterocycles. The van der Waals surface area contributed by atoms with Crippen molar-refractivity contribution in [3.63, 3.8) is 0 Å². The molecule has 1 aromatic carbocycles. The van der Waals surface area contributed by atoms with Crippen molar-refractivity contribution in [3.8, 4) is 11.5 Å². The molecule has 3 rings (SSSR count). The van der Waals surface area contributed by atoms with Crippen molar-refractivity contribution in [1.82, 2.24) is 19.8 Å². The van der Waals surface area contributed by atoms with Gasteiger partial charge < -0.3 is 19.4 Å². The highest BCUT2D eigenvalue weighted by atomic mass is 32.2. The number of hydrogen-bond acceptors (Lipinski definition) is 7.